The van der Waals surface area contributed by atoms with E-state index in [-0.39, 0.29) is 17.9 Å². The first-order valence-electron chi connectivity index (χ1n) is 6.48. The van der Waals surface area contributed by atoms with Crippen molar-refractivity contribution in [2.45, 2.75) is 51.6 Å². The van der Waals surface area contributed by atoms with E-state index in [1.807, 2.05) is 13.0 Å². The van der Waals surface area contributed by atoms with Crippen LogP contribution in [0, 0.1) is 6.92 Å². The van der Waals surface area contributed by atoms with Crippen LogP contribution in [0.5, 0.6) is 0 Å². The Bertz CT molecular complexity index is 464. The molecule has 0 bridgehead atoms. The van der Waals surface area contributed by atoms with E-state index in [9.17, 15) is 4.79 Å². The first-order valence-corrected chi connectivity index (χ1v) is 6.48. The predicted octanol–water partition coefficient (Wildman–Crippen LogP) is 2.09. The molecule has 0 aliphatic rings. The van der Waals surface area contributed by atoms with Gasteiger partial charge < -0.3 is 16.6 Å². The van der Waals surface area contributed by atoms with Crippen molar-refractivity contribution in [3.8, 4) is 0 Å². The number of benzene rings is 1. The number of aliphatic carboxylic acids is 1. The van der Waals surface area contributed by atoms with Gasteiger partial charge in [0.1, 0.15) is 6.04 Å². The number of aryl methyl sites for hydroxylation is 1. The predicted molar refractivity (Wildman–Crippen MR) is 77.0 cm³/mol. The molecule has 0 saturated heterocycles. The normalized spacial score (nSPS) is 15.1. The summed E-state index contributed by atoms with van der Waals surface area (Å²) in [6.45, 7) is 8.38. The van der Waals surface area contributed by atoms with Gasteiger partial charge in [0.25, 0.3) is 0 Å². The van der Waals surface area contributed by atoms with Crippen molar-refractivity contribution in [2.24, 2.45) is 11.5 Å². The number of hydrogen-bond donors (Lipinski definition) is 3. The molecule has 0 aliphatic carbocycles. The lowest BCUT2D eigenvalue weighted by Gasteiger charge is -2.23. The standard InChI is InChI=1S/C15H24N2O2/c1-9-5-6-10(15(2,3)4)7-11(9)12(16)8-13(17)14(18)19/h5-7,12-13H,8,16-17H2,1-4H3,(H,18,19). The molecule has 1 aromatic carbocycles. The topological polar surface area (TPSA) is 89.3 Å². The second-order valence-corrected chi connectivity index (χ2v) is 6.11. The highest BCUT2D eigenvalue weighted by atomic mass is 16.4. The van der Waals surface area contributed by atoms with Gasteiger partial charge in [0.05, 0.1) is 0 Å². The SMILES string of the molecule is Cc1ccc(C(C)(C)C)cc1C(N)CC(N)C(=O)O. The quantitative estimate of drug-likeness (QED) is 0.777. The van der Waals surface area contributed by atoms with Crippen molar-refractivity contribution in [3.63, 3.8) is 0 Å². The molecule has 0 aromatic heterocycles. The summed E-state index contributed by atoms with van der Waals surface area (Å²) >= 11 is 0. The number of nitrogens with two attached hydrogens (primary N) is 2. The molecule has 0 amide bonds. The molecule has 0 fully saturated rings. The lowest BCUT2D eigenvalue weighted by Crippen LogP contribution is -2.34. The Labute approximate surface area is 114 Å². The van der Waals surface area contributed by atoms with Crippen LogP contribution in [0.25, 0.3) is 0 Å². The largest absolute Gasteiger partial charge is 0.480 e. The molecule has 0 saturated carbocycles. The lowest BCUT2D eigenvalue weighted by atomic mass is 9.83. The summed E-state index contributed by atoms with van der Waals surface area (Å²) in [6, 6.07) is 4.90. The third-order valence-corrected chi connectivity index (χ3v) is 3.37. The average Bonchev–Trinajstić information content (AvgIpc) is 2.27. The Balaban J connectivity index is 3.02. The molecule has 1 aromatic rings. The van der Waals surface area contributed by atoms with Gasteiger partial charge in [-0.05, 0) is 35.4 Å². The Morgan fingerprint density at radius 2 is 1.89 bits per heavy atom. The fourth-order valence-electron chi connectivity index (χ4n) is 2.01. The second-order valence-electron chi connectivity index (χ2n) is 6.11. The zero-order valence-corrected chi connectivity index (χ0v) is 12.1. The number of hydrogen-bond acceptors (Lipinski definition) is 3. The van der Waals surface area contributed by atoms with Gasteiger partial charge in [-0.2, -0.15) is 0 Å². The van der Waals surface area contributed by atoms with Gasteiger partial charge in [-0.1, -0.05) is 39.0 Å². The summed E-state index contributed by atoms with van der Waals surface area (Å²) in [7, 11) is 0. The van der Waals surface area contributed by atoms with Gasteiger partial charge in [-0.25, -0.2) is 0 Å². The van der Waals surface area contributed by atoms with E-state index in [0.717, 1.165) is 11.1 Å². The van der Waals surface area contributed by atoms with Crippen LogP contribution in [0.2, 0.25) is 0 Å². The van der Waals surface area contributed by atoms with Crippen LogP contribution in [0.3, 0.4) is 0 Å². The number of carboxylic acids is 1. The fraction of sp³-hybridized carbons (Fsp3) is 0.533. The van der Waals surface area contributed by atoms with E-state index in [2.05, 4.69) is 32.9 Å². The van der Waals surface area contributed by atoms with Crippen LogP contribution in [-0.2, 0) is 10.2 Å². The highest BCUT2D eigenvalue weighted by Crippen LogP contribution is 2.28. The zero-order chi connectivity index (χ0) is 14.8. The lowest BCUT2D eigenvalue weighted by molar-refractivity contribution is -0.138. The Hall–Kier alpha value is -1.39. The van der Waals surface area contributed by atoms with Crippen LogP contribution in [0.1, 0.15) is 49.9 Å². The van der Waals surface area contributed by atoms with Gasteiger partial charge in [-0.3, -0.25) is 4.79 Å². The van der Waals surface area contributed by atoms with Crippen molar-refractivity contribution in [2.75, 3.05) is 0 Å². The van der Waals surface area contributed by atoms with Crippen LogP contribution >= 0.6 is 0 Å². The van der Waals surface area contributed by atoms with Crippen molar-refractivity contribution in [3.05, 3.63) is 34.9 Å². The third kappa shape index (κ3) is 4.04. The molecule has 0 spiro atoms. The molecule has 4 heteroatoms. The fourth-order valence-corrected chi connectivity index (χ4v) is 2.01. The zero-order valence-electron chi connectivity index (χ0n) is 12.1. The van der Waals surface area contributed by atoms with Crippen LogP contribution in [0.15, 0.2) is 18.2 Å². The molecule has 0 radical (unpaired) electrons. The number of carbonyl (C=O) groups is 1. The van der Waals surface area contributed by atoms with Crippen molar-refractivity contribution in [1.82, 2.24) is 0 Å². The summed E-state index contributed by atoms with van der Waals surface area (Å²) in [5.41, 5.74) is 14.9. The van der Waals surface area contributed by atoms with Crippen LogP contribution < -0.4 is 11.5 Å². The van der Waals surface area contributed by atoms with Crippen molar-refractivity contribution < 1.29 is 9.90 Å². The molecule has 0 aliphatic heterocycles. The van der Waals surface area contributed by atoms with Crippen molar-refractivity contribution >= 4 is 5.97 Å². The molecule has 19 heavy (non-hydrogen) atoms. The summed E-state index contributed by atoms with van der Waals surface area (Å²) in [4.78, 5) is 10.8. The molecule has 1 rings (SSSR count). The molecule has 2 unspecified atom stereocenters. The molecule has 4 nitrogen and oxygen atoms in total. The summed E-state index contributed by atoms with van der Waals surface area (Å²) < 4.78 is 0. The van der Waals surface area contributed by atoms with E-state index in [1.54, 1.807) is 0 Å². The van der Waals surface area contributed by atoms with Gasteiger partial charge in [0.15, 0.2) is 0 Å². The maximum Gasteiger partial charge on any atom is 0.320 e. The Morgan fingerprint density at radius 3 is 2.37 bits per heavy atom. The van der Waals surface area contributed by atoms with Crippen LogP contribution in [0.4, 0.5) is 0 Å². The first kappa shape index (κ1) is 15.7. The minimum Gasteiger partial charge on any atom is -0.480 e. The maximum atomic E-state index is 10.8. The summed E-state index contributed by atoms with van der Waals surface area (Å²) in [5, 5.41) is 8.85. The number of rotatable bonds is 4. The number of carboxylic acid groups (broad SMARTS) is 1. The minimum absolute atomic E-state index is 0.0388. The van der Waals surface area contributed by atoms with Crippen LogP contribution in [-0.4, -0.2) is 17.1 Å². The third-order valence-electron chi connectivity index (χ3n) is 3.37. The van der Waals surface area contributed by atoms with E-state index in [1.165, 1.54) is 5.56 Å². The van der Waals surface area contributed by atoms with E-state index in [0.29, 0.717) is 0 Å². The smallest absolute Gasteiger partial charge is 0.320 e. The van der Waals surface area contributed by atoms with E-state index >= 15 is 0 Å². The van der Waals surface area contributed by atoms with E-state index in [4.69, 9.17) is 16.6 Å². The molecule has 106 valence electrons. The van der Waals surface area contributed by atoms with Gasteiger partial charge in [0, 0.05) is 6.04 Å². The maximum absolute atomic E-state index is 10.8. The molecule has 0 heterocycles. The first-order chi connectivity index (χ1) is 8.62. The van der Waals surface area contributed by atoms with Gasteiger partial charge in [-0.15, -0.1) is 0 Å². The average molecular weight is 264 g/mol. The highest BCUT2D eigenvalue weighted by molar-refractivity contribution is 5.73. The van der Waals surface area contributed by atoms with Gasteiger partial charge in [0.2, 0.25) is 0 Å². The van der Waals surface area contributed by atoms with E-state index < -0.39 is 12.0 Å². The summed E-state index contributed by atoms with van der Waals surface area (Å²) in [5.74, 6) is -1.01. The molecular formula is C15H24N2O2. The molecular weight excluding hydrogens is 240 g/mol. The molecule has 2 atom stereocenters. The highest BCUT2D eigenvalue weighted by Gasteiger charge is 2.21. The Morgan fingerprint density at radius 1 is 1.32 bits per heavy atom. The van der Waals surface area contributed by atoms with Gasteiger partial charge >= 0.3 is 5.97 Å². The second kappa shape index (κ2) is 5.72. The minimum atomic E-state index is -1.01. The summed E-state index contributed by atoms with van der Waals surface area (Å²) in [6.07, 6.45) is 0.240. The monoisotopic (exact) mass is 264 g/mol. The molecule has 5 N–H and O–H groups in total. The van der Waals surface area contributed by atoms with Crippen molar-refractivity contribution in [1.29, 1.82) is 0 Å². The Kier molecular flexibility index (Phi) is 4.71.